The van der Waals surface area contributed by atoms with Crippen molar-refractivity contribution in [3.63, 3.8) is 0 Å². The zero-order valence-corrected chi connectivity index (χ0v) is 10.8. The summed E-state index contributed by atoms with van der Waals surface area (Å²) in [5.41, 5.74) is 0.665. The zero-order chi connectivity index (χ0) is 11.0. The van der Waals surface area contributed by atoms with E-state index in [4.69, 9.17) is 27.9 Å². The first-order valence-corrected chi connectivity index (χ1v) is 5.66. The van der Waals surface area contributed by atoms with Crippen LogP contribution >= 0.6 is 39.1 Å². The maximum Gasteiger partial charge on any atom is 0.145 e. The summed E-state index contributed by atoms with van der Waals surface area (Å²) in [6, 6.07) is 3.50. The summed E-state index contributed by atoms with van der Waals surface area (Å²) in [7, 11) is 1.58. The molecule has 0 spiro atoms. The summed E-state index contributed by atoms with van der Waals surface area (Å²) in [4.78, 5) is 4.23. The Labute approximate surface area is 105 Å². The van der Waals surface area contributed by atoms with Crippen molar-refractivity contribution in [2.24, 2.45) is 0 Å². The quantitative estimate of drug-likeness (QED) is 0.783. The van der Waals surface area contributed by atoms with Crippen LogP contribution < -0.4 is 4.74 Å². The monoisotopic (exact) mass is 305 g/mol. The molecule has 0 N–H and O–H groups in total. The van der Waals surface area contributed by atoms with Crippen molar-refractivity contribution in [3.8, 4) is 5.75 Å². The molecule has 0 saturated heterocycles. The Morgan fingerprint density at radius 1 is 1.33 bits per heavy atom. The van der Waals surface area contributed by atoms with Gasteiger partial charge >= 0.3 is 0 Å². The lowest BCUT2D eigenvalue weighted by Crippen LogP contribution is -1.89. The molecule has 0 saturated carbocycles. The van der Waals surface area contributed by atoms with Crippen LogP contribution in [0.1, 0.15) is 0 Å². The number of benzene rings is 1. The molecule has 0 aliphatic heterocycles. The molecule has 1 heterocycles. The number of aromatic nitrogens is 1. The van der Waals surface area contributed by atoms with E-state index in [2.05, 4.69) is 20.9 Å². The number of nitrogens with zero attached hydrogens (tertiary/aromatic N) is 1. The number of methoxy groups -OCH3 is 1. The van der Waals surface area contributed by atoms with E-state index in [0.29, 0.717) is 31.2 Å². The third-order valence-corrected chi connectivity index (χ3v) is 3.58. The Morgan fingerprint density at radius 2 is 2.07 bits per heavy atom. The first-order valence-electron chi connectivity index (χ1n) is 4.11. The number of ether oxygens (including phenoxy) is 1. The minimum absolute atomic E-state index is 0.545. The number of rotatable bonds is 1. The van der Waals surface area contributed by atoms with E-state index in [9.17, 15) is 0 Å². The van der Waals surface area contributed by atoms with Crippen LogP contribution in [0, 0.1) is 0 Å². The molecular formula is C10H6BrCl2NO. The van der Waals surface area contributed by atoms with Crippen LogP contribution in [-0.4, -0.2) is 12.1 Å². The number of hydrogen-bond donors (Lipinski definition) is 0. The lowest BCUT2D eigenvalue weighted by atomic mass is 10.2. The molecule has 1 aromatic carbocycles. The Kier molecular flexibility index (Phi) is 3.05. The molecule has 2 aromatic rings. The summed E-state index contributed by atoms with van der Waals surface area (Å²) in [6.07, 6.45) is 1.63. The van der Waals surface area contributed by atoms with E-state index in [-0.39, 0.29) is 0 Å². The van der Waals surface area contributed by atoms with Crippen LogP contribution in [0.5, 0.6) is 5.75 Å². The molecule has 5 heteroatoms. The van der Waals surface area contributed by atoms with Crippen LogP contribution in [0.4, 0.5) is 0 Å². The summed E-state index contributed by atoms with van der Waals surface area (Å²) < 4.78 is 5.90. The third kappa shape index (κ3) is 1.80. The molecule has 15 heavy (non-hydrogen) atoms. The van der Waals surface area contributed by atoms with E-state index < -0.39 is 0 Å². The van der Waals surface area contributed by atoms with Crippen molar-refractivity contribution >= 4 is 50.0 Å². The van der Waals surface area contributed by atoms with E-state index in [1.165, 1.54) is 0 Å². The highest BCUT2D eigenvalue weighted by molar-refractivity contribution is 9.10. The highest BCUT2D eigenvalue weighted by atomic mass is 79.9. The first kappa shape index (κ1) is 11.0. The Hall–Kier alpha value is -0.510. The van der Waals surface area contributed by atoms with Crippen LogP contribution in [0.25, 0.3) is 10.9 Å². The van der Waals surface area contributed by atoms with Gasteiger partial charge < -0.3 is 4.74 Å². The Balaban J connectivity index is 2.93. The Bertz CT molecular complexity index is 530. The van der Waals surface area contributed by atoms with Crippen molar-refractivity contribution in [1.82, 2.24) is 4.98 Å². The maximum atomic E-state index is 6.13. The molecular weight excluding hydrogens is 301 g/mol. The lowest BCUT2D eigenvalue weighted by Gasteiger charge is -2.08. The minimum Gasteiger partial charge on any atom is -0.494 e. The molecule has 2 rings (SSSR count). The number of halogens is 3. The summed E-state index contributed by atoms with van der Waals surface area (Å²) in [5, 5.41) is 1.81. The van der Waals surface area contributed by atoms with E-state index in [0.717, 1.165) is 0 Å². The van der Waals surface area contributed by atoms with Crippen molar-refractivity contribution < 1.29 is 4.74 Å². The highest BCUT2D eigenvalue weighted by Crippen LogP contribution is 2.37. The molecule has 0 aliphatic carbocycles. The highest BCUT2D eigenvalue weighted by Gasteiger charge is 2.12. The molecule has 2 nitrogen and oxygen atoms in total. The standard InChI is InChI=1S/C10H6BrCl2NO/c1-15-7-3-2-6(12)8-9(13)5(11)4-14-10(7)8/h2-4H,1H3. The van der Waals surface area contributed by atoms with Gasteiger partial charge in [0.05, 0.1) is 21.6 Å². The van der Waals surface area contributed by atoms with Crippen LogP contribution in [0.15, 0.2) is 22.8 Å². The fraction of sp³-hybridized carbons (Fsp3) is 0.100. The molecule has 0 aliphatic rings. The lowest BCUT2D eigenvalue weighted by molar-refractivity contribution is 0.419. The average Bonchev–Trinajstić information content (AvgIpc) is 2.24. The predicted octanol–water partition coefficient (Wildman–Crippen LogP) is 4.31. The maximum absolute atomic E-state index is 6.13. The fourth-order valence-corrected chi connectivity index (χ4v) is 2.18. The largest absolute Gasteiger partial charge is 0.494 e. The van der Waals surface area contributed by atoms with Gasteiger partial charge in [0.15, 0.2) is 0 Å². The van der Waals surface area contributed by atoms with Gasteiger partial charge in [0, 0.05) is 11.6 Å². The van der Waals surface area contributed by atoms with E-state index in [1.807, 2.05) is 0 Å². The normalized spacial score (nSPS) is 10.7. The molecule has 0 unspecified atom stereocenters. The molecule has 78 valence electrons. The summed E-state index contributed by atoms with van der Waals surface area (Å²) in [6.45, 7) is 0. The fourth-order valence-electron chi connectivity index (χ4n) is 1.35. The minimum atomic E-state index is 0.545. The van der Waals surface area contributed by atoms with Gasteiger partial charge in [-0.2, -0.15) is 0 Å². The number of pyridine rings is 1. The summed E-state index contributed by atoms with van der Waals surface area (Å²) in [5.74, 6) is 0.656. The number of fused-ring (bicyclic) bond motifs is 1. The van der Waals surface area contributed by atoms with Crippen molar-refractivity contribution in [1.29, 1.82) is 0 Å². The second-order valence-electron chi connectivity index (χ2n) is 2.89. The zero-order valence-electron chi connectivity index (χ0n) is 7.72. The molecule has 1 aromatic heterocycles. The third-order valence-electron chi connectivity index (χ3n) is 2.05. The smallest absolute Gasteiger partial charge is 0.145 e. The molecule has 0 bridgehead atoms. The molecule has 0 radical (unpaired) electrons. The van der Waals surface area contributed by atoms with Gasteiger partial charge in [-0.1, -0.05) is 23.2 Å². The summed E-state index contributed by atoms with van der Waals surface area (Å²) >= 11 is 15.5. The van der Waals surface area contributed by atoms with Crippen LogP contribution in [0.2, 0.25) is 10.0 Å². The first-order chi connectivity index (χ1) is 7.15. The van der Waals surface area contributed by atoms with E-state index >= 15 is 0 Å². The van der Waals surface area contributed by atoms with Crippen LogP contribution in [-0.2, 0) is 0 Å². The van der Waals surface area contributed by atoms with Gasteiger partial charge in [-0.25, -0.2) is 0 Å². The Morgan fingerprint density at radius 3 is 2.73 bits per heavy atom. The van der Waals surface area contributed by atoms with Crippen molar-refractivity contribution in [2.45, 2.75) is 0 Å². The van der Waals surface area contributed by atoms with Gasteiger partial charge in [-0.05, 0) is 28.1 Å². The number of hydrogen-bond acceptors (Lipinski definition) is 2. The molecule has 0 amide bonds. The van der Waals surface area contributed by atoms with Gasteiger partial charge in [-0.3, -0.25) is 4.98 Å². The van der Waals surface area contributed by atoms with Gasteiger partial charge in [0.1, 0.15) is 11.3 Å². The topological polar surface area (TPSA) is 22.1 Å². The average molecular weight is 307 g/mol. The molecule has 0 fully saturated rings. The second-order valence-corrected chi connectivity index (χ2v) is 4.53. The predicted molar refractivity (Wildman–Crippen MR) is 66.0 cm³/mol. The van der Waals surface area contributed by atoms with Crippen LogP contribution in [0.3, 0.4) is 0 Å². The second kappa shape index (κ2) is 4.16. The van der Waals surface area contributed by atoms with Crippen molar-refractivity contribution in [3.05, 3.63) is 32.8 Å². The van der Waals surface area contributed by atoms with Gasteiger partial charge in [-0.15, -0.1) is 0 Å². The van der Waals surface area contributed by atoms with Gasteiger partial charge in [0.25, 0.3) is 0 Å². The van der Waals surface area contributed by atoms with E-state index in [1.54, 1.807) is 25.4 Å². The molecule has 0 atom stereocenters. The SMILES string of the molecule is COc1ccc(Cl)c2c(Cl)c(Br)cnc12. The van der Waals surface area contributed by atoms with Gasteiger partial charge in [0.2, 0.25) is 0 Å². The van der Waals surface area contributed by atoms with Crippen molar-refractivity contribution in [2.75, 3.05) is 7.11 Å².